The SMILES string of the molecule is NC(=S)C=C(N)c1ccccc1. The molecule has 0 fully saturated rings. The van der Waals surface area contributed by atoms with Crippen LogP contribution in [0.2, 0.25) is 0 Å². The van der Waals surface area contributed by atoms with Crippen LogP contribution >= 0.6 is 12.2 Å². The summed E-state index contributed by atoms with van der Waals surface area (Å²) in [5, 5.41) is 0. The fraction of sp³-hybridized carbons (Fsp3) is 0. The van der Waals surface area contributed by atoms with Crippen molar-refractivity contribution in [1.82, 2.24) is 0 Å². The maximum absolute atomic E-state index is 5.69. The van der Waals surface area contributed by atoms with E-state index < -0.39 is 0 Å². The number of hydrogen-bond acceptors (Lipinski definition) is 2. The number of hydrogen-bond donors (Lipinski definition) is 2. The van der Waals surface area contributed by atoms with Gasteiger partial charge in [0.2, 0.25) is 0 Å². The van der Waals surface area contributed by atoms with Gasteiger partial charge in [-0.1, -0.05) is 42.5 Å². The molecule has 1 aromatic rings. The summed E-state index contributed by atoms with van der Waals surface area (Å²) in [6.45, 7) is 0. The van der Waals surface area contributed by atoms with Crippen molar-refractivity contribution in [3.05, 3.63) is 42.0 Å². The summed E-state index contributed by atoms with van der Waals surface area (Å²) < 4.78 is 0. The molecule has 4 N–H and O–H groups in total. The number of rotatable bonds is 2. The molecule has 0 aromatic heterocycles. The lowest BCUT2D eigenvalue weighted by atomic mass is 10.1. The highest BCUT2D eigenvalue weighted by Gasteiger charge is 1.93. The lowest BCUT2D eigenvalue weighted by Crippen LogP contribution is -2.07. The Morgan fingerprint density at radius 2 is 1.75 bits per heavy atom. The molecule has 0 aliphatic carbocycles. The number of benzene rings is 1. The van der Waals surface area contributed by atoms with E-state index in [9.17, 15) is 0 Å². The van der Waals surface area contributed by atoms with E-state index in [1.165, 1.54) is 0 Å². The minimum atomic E-state index is 0.302. The van der Waals surface area contributed by atoms with Gasteiger partial charge in [0.05, 0.1) is 4.99 Å². The fourth-order valence-electron chi connectivity index (χ4n) is 0.867. The Kier molecular flexibility index (Phi) is 2.82. The van der Waals surface area contributed by atoms with Crippen LogP contribution in [0.3, 0.4) is 0 Å². The summed E-state index contributed by atoms with van der Waals surface area (Å²) in [6, 6.07) is 9.57. The van der Waals surface area contributed by atoms with Gasteiger partial charge >= 0.3 is 0 Å². The van der Waals surface area contributed by atoms with Gasteiger partial charge in [0, 0.05) is 5.70 Å². The first kappa shape index (κ1) is 8.74. The first-order chi connectivity index (χ1) is 5.70. The van der Waals surface area contributed by atoms with Crippen LogP contribution in [-0.2, 0) is 0 Å². The molecule has 0 unspecified atom stereocenters. The molecule has 62 valence electrons. The van der Waals surface area contributed by atoms with Gasteiger partial charge in [-0.15, -0.1) is 0 Å². The van der Waals surface area contributed by atoms with Gasteiger partial charge in [-0.2, -0.15) is 0 Å². The second-order valence-corrected chi connectivity index (χ2v) is 2.84. The first-order valence-electron chi connectivity index (χ1n) is 3.52. The summed E-state index contributed by atoms with van der Waals surface area (Å²) in [6.07, 6.45) is 1.57. The van der Waals surface area contributed by atoms with Gasteiger partial charge in [0.25, 0.3) is 0 Å². The number of thiocarbonyl (C=S) groups is 1. The van der Waals surface area contributed by atoms with Gasteiger partial charge in [-0.3, -0.25) is 0 Å². The molecule has 12 heavy (non-hydrogen) atoms. The molecule has 0 radical (unpaired) electrons. The van der Waals surface area contributed by atoms with Crippen molar-refractivity contribution in [3.63, 3.8) is 0 Å². The third-order valence-electron chi connectivity index (χ3n) is 1.40. The smallest absolute Gasteiger partial charge is 0.0982 e. The van der Waals surface area contributed by atoms with E-state index in [4.69, 9.17) is 23.7 Å². The van der Waals surface area contributed by atoms with Crippen molar-refractivity contribution < 1.29 is 0 Å². The Balaban J connectivity index is 2.93. The standard InChI is InChI=1S/C9H10N2S/c10-8(6-9(11)12)7-4-2-1-3-5-7/h1-6H,10H2,(H2,11,12). The molecule has 0 bridgehead atoms. The van der Waals surface area contributed by atoms with Crippen molar-refractivity contribution in [2.75, 3.05) is 0 Å². The summed E-state index contributed by atoms with van der Waals surface area (Å²) in [5.74, 6) is 0. The van der Waals surface area contributed by atoms with Crippen molar-refractivity contribution >= 4 is 22.9 Å². The molecule has 0 spiro atoms. The zero-order valence-corrected chi connectivity index (χ0v) is 7.34. The molecule has 0 atom stereocenters. The summed E-state index contributed by atoms with van der Waals surface area (Å²) in [7, 11) is 0. The molecule has 1 aromatic carbocycles. The summed E-state index contributed by atoms with van der Waals surface area (Å²) in [5.41, 5.74) is 12.5. The van der Waals surface area contributed by atoms with Gasteiger partial charge in [-0.05, 0) is 11.6 Å². The van der Waals surface area contributed by atoms with Crippen LogP contribution in [-0.4, -0.2) is 4.99 Å². The minimum absolute atomic E-state index is 0.302. The molecule has 0 aliphatic heterocycles. The van der Waals surface area contributed by atoms with E-state index in [1.54, 1.807) is 6.08 Å². The molecule has 0 saturated carbocycles. The van der Waals surface area contributed by atoms with Gasteiger partial charge in [-0.25, -0.2) is 0 Å². The van der Waals surface area contributed by atoms with E-state index in [-0.39, 0.29) is 0 Å². The Morgan fingerprint density at radius 1 is 1.17 bits per heavy atom. The predicted molar refractivity (Wildman–Crippen MR) is 55.4 cm³/mol. The zero-order chi connectivity index (χ0) is 8.97. The highest BCUT2D eigenvalue weighted by atomic mass is 32.1. The van der Waals surface area contributed by atoms with Crippen LogP contribution in [0, 0.1) is 0 Å². The molecule has 2 nitrogen and oxygen atoms in total. The van der Waals surface area contributed by atoms with Crippen molar-refractivity contribution in [1.29, 1.82) is 0 Å². The van der Waals surface area contributed by atoms with Crippen molar-refractivity contribution in [2.45, 2.75) is 0 Å². The maximum Gasteiger partial charge on any atom is 0.0982 e. The highest BCUT2D eigenvalue weighted by molar-refractivity contribution is 7.80. The third-order valence-corrected chi connectivity index (χ3v) is 1.52. The zero-order valence-electron chi connectivity index (χ0n) is 6.53. The van der Waals surface area contributed by atoms with E-state index in [1.807, 2.05) is 30.3 Å². The lowest BCUT2D eigenvalue weighted by Gasteiger charge is -1.99. The fourth-order valence-corrected chi connectivity index (χ4v) is 0.994. The first-order valence-corrected chi connectivity index (χ1v) is 3.93. The maximum atomic E-state index is 5.69. The monoisotopic (exact) mass is 178 g/mol. The normalized spacial score (nSPS) is 11.2. The van der Waals surface area contributed by atoms with Crippen LogP contribution in [0.4, 0.5) is 0 Å². The second kappa shape index (κ2) is 3.88. The molecule has 0 aliphatic rings. The Hall–Kier alpha value is -1.35. The topological polar surface area (TPSA) is 52.0 Å². The van der Waals surface area contributed by atoms with Crippen molar-refractivity contribution in [3.8, 4) is 0 Å². The van der Waals surface area contributed by atoms with E-state index in [0.29, 0.717) is 10.7 Å². The van der Waals surface area contributed by atoms with Crippen LogP contribution in [0.1, 0.15) is 5.56 Å². The molecule has 0 saturated heterocycles. The molecule has 1 rings (SSSR count). The Labute approximate surface area is 76.9 Å². The molecule has 0 amide bonds. The molecular formula is C9H10N2S. The summed E-state index contributed by atoms with van der Waals surface area (Å²) in [4.78, 5) is 0.302. The molecule has 0 heterocycles. The van der Waals surface area contributed by atoms with E-state index in [0.717, 1.165) is 5.56 Å². The lowest BCUT2D eigenvalue weighted by molar-refractivity contribution is 1.52. The van der Waals surface area contributed by atoms with Gasteiger partial charge in [0.1, 0.15) is 0 Å². The van der Waals surface area contributed by atoms with E-state index in [2.05, 4.69) is 0 Å². The predicted octanol–water partition coefficient (Wildman–Crippen LogP) is 1.27. The molecule has 3 heteroatoms. The average molecular weight is 178 g/mol. The largest absolute Gasteiger partial charge is 0.398 e. The number of nitrogens with two attached hydrogens (primary N) is 2. The summed E-state index contributed by atoms with van der Waals surface area (Å²) >= 11 is 4.69. The van der Waals surface area contributed by atoms with Gasteiger partial charge < -0.3 is 11.5 Å². The van der Waals surface area contributed by atoms with Crippen LogP contribution < -0.4 is 11.5 Å². The third kappa shape index (κ3) is 2.36. The van der Waals surface area contributed by atoms with Crippen LogP contribution in [0.15, 0.2) is 36.4 Å². The quantitative estimate of drug-likeness (QED) is 0.529. The second-order valence-electron chi connectivity index (χ2n) is 2.37. The minimum Gasteiger partial charge on any atom is -0.398 e. The highest BCUT2D eigenvalue weighted by Crippen LogP contribution is 2.06. The van der Waals surface area contributed by atoms with Crippen LogP contribution in [0.25, 0.3) is 5.70 Å². The molecular weight excluding hydrogens is 168 g/mol. The van der Waals surface area contributed by atoms with E-state index >= 15 is 0 Å². The Morgan fingerprint density at radius 3 is 2.25 bits per heavy atom. The van der Waals surface area contributed by atoms with Crippen LogP contribution in [0.5, 0.6) is 0 Å². The Bertz CT molecular complexity index is 304. The van der Waals surface area contributed by atoms with Gasteiger partial charge in [0.15, 0.2) is 0 Å². The average Bonchev–Trinajstić information content (AvgIpc) is 2.05. The van der Waals surface area contributed by atoms with Crippen molar-refractivity contribution in [2.24, 2.45) is 11.5 Å².